The number of aryl methyl sites for hydroxylation is 1. The number of hydrogen-bond donors (Lipinski definition) is 0. The molecule has 0 saturated heterocycles. The summed E-state index contributed by atoms with van der Waals surface area (Å²) >= 11 is 1.75. The van der Waals surface area contributed by atoms with E-state index in [9.17, 15) is 9.59 Å². The van der Waals surface area contributed by atoms with Crippen LogP contribution in [0.1, 0.15) is 48.2 Å². The summed E-state index contributed by atoms with van der Waals surface area (Å²) in [6.07, 6.45) is 3.63. The second kappa shape index (κ2) is 9.21. The lowest BCUT2D eigenvalue weighted by Gasteiger charge is -2.37. The Morgan fingerprint density at radius 3 is 2.77 bits per heavy atom. The molecule has 2 amide bonds. The Balaban J connectivity index is 1.50. The molecule has 1 aliphatic heterocycles. The van der Waals surface area contributed by atoms with E-state index in [1.54, 1.807) is 16.2 Å². The number of fused-ring (bicyclic) bond motifs is 1. The van der Waals surface area contributed by atoms with Gasteiger partial charge in [0, 0.05) is 24.4 Å². The van der Waals surface area contributed by atoms with Gasteiger partial charge in [-0.2, -0.15) is 0 Å². The number of carbonyl (C=O) groups excluding carboxylic acids is 2. The van der Waals surface area contributed by atoms with Crippen molar-refractivity contribution in [2.24, 2.45) is 5.92 Å². The summed E-state index contributed by atoms with van der Waals surface area (Å²) in [6.45, 7) is 5.87. The van der Waals surface area contributed by atoms with Crippen molar-refractivity contribution in [3.63, 3.8) is 0 Å². The van der Waals surface area contributed by atoms with Gasteiger partial charge in [0.2, 0.25) is 11.8 Å². The number of thiophene rings is 1. The van der Waals surface area contributed by atoms with Gasteiger partial charge in [0.1, 0.15) is 12.4 Å². The van der Waals surface area contributed by atoms with Crippen molar-refractivity contribution in [2.75, 3.05) is 26.2 Å². The third kappa shape index (κ3) is 4.69. The average Bonchev–Trinajstić information content (AvgIpc) is 3.44. The molecule has 1 atom stereocenters. The fourth-order valence-electron chi connectivity index (χ4n) is 4.11. The summed E-state index contributed by atoms with van der Waals surface area (Å²) in [5.74, 6) is 1.51. The molecule has 1 aromatic carbocycles. The molecule has 0 unspecified atom stereocenters. The first-order valence-corrected chi connectivity index (χ1v) is 11.8. The van der Waals surface area contributed by atoms with E-state index in [-0.39, 0.29) is 24.4 Å². The molecule has 6 heteroatoms. The van der Waals surface area contributed by atoms with Gasteiger partial charge in [-0.1, -0.05) is 25.1 Å². The Hall–Kier alpha value is -2.34. The van der Waals surface area contributed by atoms with Crippen LogP contribution >= 0.6 is 11.3 Å². The highest BCUT2D eigenvalue weighted by Gasteiger charge is 2.34. The van der Waals surface area contributed by atoms with E-state index in [1.165, 1.54) is 10.4 Å². The fraction of sp³-hybridized carbons (Fsp3) is 0.500. The van der Waals surface area contributed by atoms with Crippen molar-refractivity contribution in [3.8, 4) is 5.75 Å². The molecule has 1 saturated carbocycles. The van der Waals surface area contributed by atoms with Crippen LogP contribution in [0.5, 0.6) is 5.75 Å². The van der Waals surface area contributed by atoms with Gasteiger partial charge in [-0.05, 0) is 60.7 Å². The highest BCUT2D eigenvalue weighted by molar-refractivity contribution is 7.10. The van der Waals surface area contributed by atoms with Crippen LogP contribution in [0.25, 0.3) is 0 Å². The molecule has 0 N–H and O–H groups in total. The molecule has 4 rings (SSSR count). The second-order valence-electron chi connectivity index (χ2n) is 8.30. The van der Waals surface area contributed by atoms with Crippen molar-refractivity contribution in [3.05, 3.63) is 51.7 Å². The summed E-state index contributed by atoms with van der Waals surface area (Å²) < 4.78 is 6.16. The van der Waals surface area contributed by atoms with E-state index >= 15 is 0 Å². The number of ether oxygens (including phenoxy) is 1. The molecule has 2 heterocycles. The molecule has 5 nitrogen and oxygen atoms in total. The molecule has 1 aromatic heterocycles. The third-order valence-electron chi connectivity index (χ3n) is 6.06. The van der Waals surface area contributed by atoms with Crippen LogP contribution in [0, 0.1) is 12.8 Å². The maximum absolute atomic E-state index is 13.3. The van der Waals surface area contributed by atoms with Gasteiger partial charge in [-0.15, -0.1) is 11.3 Å². The van der Waals surface area contributed by atoms with E-state index in [2.05, 4.69) is 11.4 Å². The molecule has 2 aromatic rings. The van der Waals surface area contributed by atoms with Crippen LogP contribution in [-0.4, -0.2) is 47.9 Å². The minimum Gasteiger partial charge on any atom is -0.491 e. The molecule has 2 aliphatic rings. The number of nitrogens with zero attached hydrogens (tertiary/aromatic N) is 2. The number of benzene rings is 1. The van der Waals surface area contributed by atoms with Crippen LogP contribution in [0.3, 0.4) is 0 Å². The van der Waals surface area contributed by atoms with E-state index in [4.69, 9.17) is 4.74 Å². The van der Waals surface area contributed by atoms with E-state index < -0.39 is 0 Å². The normalized spacial score (nSPS) is 18.1. The molecule has 30 heavy (non-hydrogen) atoms. The van der Waals surface area contributed by atoms with Crippen LogP contribution in [-0.2, 0) is 16.0 Å². The Kier molecular flexibility index (Phi) is 6.42. The molecule has 1 fully saturated rings. The monoisotopic (exact) mass is 426 g/mol. The van der Waals surface area contributed by atoms with Crippen molar-refractivity contribution in [1.82, 2.24) is 9.80 Å². The Labute approximate surface area is 182 Å². The first-order chi connectivity index (χ1) is 14.6. The van der Waals surface area contributed by atoms with E-state index in [0.29, 0.717) is 32.0 Å². The Bertz CT molecular complexity index is 905. The lowest BCUT2D eigenvalue weighted by Crippen LogP contribution is -2.48. The smallest absolute Gasteiger partial charge is 0.242 e. The number of rotatable bonds is 8. The molecule has 0 bridgehead atoms. The minimum atomic E-state index is -0.119. The lowest BCUT2D eigenvalue weighted by molar-refractivity contribution is -0.142. The summed E-state index contributed by atoms with van der Waals surface area (Å²) in [5.41, 5.74) is 2.27. The molecule has 0 radical (unpaired) electrons. The predicted octanol–water partition coefficient (Wildman–Crippen LogP) is 4.21. The molecule has 0 spiro atoms. The molecular weight excluding hydrogens is 396 g/mol. The Morgan fingerprint density at radius 2 is 2.03 bits per heavy atom. The summed E-state index contributed by atoms with van der Waals surface area (Å²) in [4.78, 5) is 30.8. The first-order valence-electron chi connectivity index (χ1n) is 10.9. The van der Waals surface area contributed by atoms with Crippen LogP contribution in [0.2, 0.25) is 0 Å². The van der Waals surface area contributed by atoms with E-state index in [1.807, 2.05) is 43.0 Å². The highest BCUT2D eigenvalue weighted by Crippen LogP contribution is 2.35. The van der Waals surface area contributed by atoms with Gasteiger partial charge in [0.15, 0.2) is 0 Å². The molecule has 160 valence electrons. The maximum atomic E-state index is 13.3. The number of para-hydroxylation sites is 1. The summed E-state index contributed by atoms with van der Waals surface area (Å²) in [7, 11) is 0. The molecular formula is C24H30N2O3S. The van der Waals surface area contributed by atoms with Gasteiger partial charge in [-0.25, -0.2) is 0 Å². The summed E-state index contributed by atoms with van der Waals surface area (Å²) in [5, 5.41) is 2.10. The average molecular weight is 427 g/mol. The topological polar surface area (TPSA) is 49.9 Å². The highest BCUT2D eigenvalue weighted by atomic mass is 32.1. The number of hydrogen-bond acceptors (Lipinski definition) is 4. The van der Waals surface area contributed by atoms with Gasteiger partial charge >= 0.3 is 0 Å². The van der Waals surface area contributed by atoms with Crippen molar-refractivity contribution in [1.29, 1.82) is 0 Å². The van der Waals surface area contributed by atoms with Gasteiger partial charge in [0.25, 0.3) is 0 Å². The zero-order valence-electron chi connectivity index (χ0n) is 17.8. The summed E-state index contributed by atoms with van der Waals surface area (Å²) in [6, 6.07) is 9.96. The van der Waals surface area contributed by atoms with Gasteiger partial charge in [0.05, 0.1) is 12.6 Å². The van der Waals surface area contributed by atoms with Crippen LogP contribution in [0.4, 0.5) is 0 Å². The van der Waals surface area contributed by atoms with E-state index in [0.717, 1.165) is 30.6 Å². The van der Waals surface area contributed by atoms with Crippen LogP contribution < -0.4 is 4.74 Å². The minimum absolute atomic E-state index is 0.0210. The van der Waals surface area contributed by atoms with Gasteiger partial charge < -0.3 is 14.5 Å². The quantitative estimate of drug-likeness (QED) is 0.635. The fourth-order valence-corrected chi connectivity index (χ4v) is 5.03. The third-order valence-corrected chi connectivity index (χ3v) is 7.06. The predicted molar refractivity (Wildman–Crippen MR) is 119 cm³/mol. The largest absolute Gasteiger partial charge is 0.491 e. The number of amides is 2. The van der Waals surface area contributed by atoms with Gasteiger partial charge in [-0.3, -0.25) is 9.59 Å². The standard InChI is InChI=1S/C24H30N2O3S/c1-3-23(27)25(14-18-8-9-18)15-24(28)26-12-10-22-19(11-13-30-22)20(26)16-29-21-7-5-4-6-17(21)2/h4-7,11,13,18,20H,3,8-10,12,14-16H2,1-2H3/t20-/m1/s1. The second-order valence-corrected chi connectivity index (χ2v) is 9.30. The zero-order valence-corrected chi connectivity index (χ0v) is 18.6. The zero-order chi connectivity index (χ0) is 21.1. The van der Waals surface area contributed by atoms with Crippen molar-refractivity contribution in [2.45, 2.75) is 45.6 Å². The Morgan fingerprint density at radius 1 is 1.23 bits per heavy atom. The van der Waals surface area contributed by atoms with Crippen molar-refractivity contribution >= 4 is 23.2 Å². The first kappa shape index (κ1) is 20.9. The molecule has 1 aliphatic carbocycles. The number of carbonyl (C=O) groups is 2. The van der Waals surface area contributed by atoms with Crippen LogP contribution in [0.15, 0.2) is 35.7 Å². The van der Waals surface area contributed by atoms with Crippen molar-refractivity contribution < 1.29 is 14.3 Å². The SMILES string of the molecule is CCC(=O)N(CC(=O)N1CCc2sccc2[C@H]1COc1ccccc1C)CC1CC1. The lowest BCUT2D eigenvalue weighted by atomic mass is 10.00. The maximum Gasteiger partial charge on any atom is 0.242 e.